The van der Waals surface area contributed by atoms with Crippen LogP contribution in [-0.2, 0) is 4.79 Å². The first-order valence-electron chi connectivity index (χ1n) is 7.75. The molecule has 2 saturated heterocycles. The Labute approximate surface area is 134 Å². The molecule has 1 aromatic rings. The standard InChI is InChI=1S/C16H20FN3O3/c1-19-10-14(18-16(19)22)15(21)20-8-6-13(7-9-20)23-12-4-2-11(17)3-5-12/h2-5,13-14H,6-10H2,1H3,(H,18,22). The van der Waals surface area contributed by atoms with Crippen molar-refractivity contribution in [3.63, 3.8) is 0 Å². The molecule has 0 saturated carbocycles. The molecule has 1 aromatic carbocycles. The number of benzene rings is 1. The first-order chi connectivity index (χ1) is 11.0. The van der Waals surface area contributed by atoms with E-state index < -0.39 is 6.04 Å². The number of ether oxygens (including phenoxy) is 1. The molecule has 1 N–H and O–H groups in total. The Kier molecular flexibility index (Phi) is 4.36. The molecule has 2 aliphatic rings. The highest BCUT2D eigenvalue weighted by Crippen LogP contribution is 2.20. The van der Waals surface area contributed by atoms with Gasteiger partial charge in [0.15, 0.2) is 0 Å². The fraction of sp³-hybridized carbons (Fsp3) is 0.500. The van der Waals surface area contributed by atoms with Crippen molar-refractivity contribution in [1.29, 1.82) is 0 Å². The highest BCUT2D eigenvalue weighted by Gasteiger charge is 2.35. The van der Waals surface area contributed by atoms with Gasteiger partial charge in [-0.25, -0.2) is 9.18 Å². The number of piperidine rings is 1. The Balaban J connectivity index is 1.49. The molecule has 2 heterocycles. The van der Waals surface area contributed by atoms with Crippen molar-refractivity contribution in [2.45, 2.75) is 25.0 Å². The van der Waals surface area contributed by atoms with Crippen LogP contribution in [0.1, 0.15) is 12.8 Å². The Morgan fingerprint density at radius 3 is 2.48 bits per heavy atom. The third kappa shape index (κ3) is 3.55. The van der Waals surface area contributed by atoms with Crippen LogP contribution in [0, 0.1) is 5.82 Å². The number of likely N-dealkylation sites (N-methyl/N-ethyl adjacent to an activating group) is 1. The topological polar surface area (TPSA) is 61.9 Å². The third-order valence-corrected chi connectivity index (χ3v) is 4.27. The van der Waals surface area contributed by atoms with Gasteiger partial charge < -0.3 is 19.9 Å². The van der Waals surface area contributed by atoms with E-state index >= 15 is 0 Å². The lowest BCUT2D eigenvalue weighted by Gasteiger charge is -2.33. The second-order valence-corrected chi connectivity index (χ2v) is 5.98. The summed E-state index contributed by atoms with van der Waals surface area (Å²) in [7, 11) is 1.67. The Bertz CT molecular complexity index is 585. The maximum atomic E-state index is 12.9. The van der Waals surface area contributed by atoms with E-state index in [9.17, 15) is 14.0 Å². The number of hydrogen-bond acceptors (Lipinski definition) is 3. The first kappa shape index (κ1) is 15.6. The van der Waals surface area contributed by atoms with Gasteiger partial charge in [-0.2, -0.15) is 0 Å². The summed E-state index contributed by atoms with van der Waals surface area (Å²) in [4.78, 5) is 27.1. The predicted molar refractivity (Wildman–Crippen MR) is 81.6 cm³/mol. The summed E-state index contributed by atoms with van der Waals surface area (Å²) in [5.74, 6) is 0.310. The van der Waals surface area contributed by atoms with Gasteiger partial charge in [0.2, 0.25) is 5.91 Å². The molecule has 0 radical (unpaired) electrons. The smallest absolute Gasteiger partial charge is 0.317 e. The minimum Gasteiger partial charge on any atom is -0.490 e. The van der Waals surface area contributed by atoms with E-state index in [4.69, 9.17) is 4.74 Å². The molecule has 1 atom stereocenters. The van der Waals surface area contributed by atoms with Crippen LogP contribution < -0.4 is 10.1 Å². The number of nitrogens with zero attached hydrogens (tertiary/aromatic N) is 2. The van der Waals surface area contributed by atoms with E-state index in [-0.39, 0.29) is 23.9 Å². The van der Waals surface area contributed by atoms with Gasteiger partial charge in [0.25, 0.3) is 0 Å². The molecular weight excluding hydrogens is 301 g/mol. The molecule has 2 aliphatic heterocycles. The molecule has 0 aromatic heterocycles. The number of hydrogen-bond donors (Lipinski definition) is 1. The third-order valence-electron chi connectivity index (χ3n) is 4.27. The number of likely N-dealkylation sites (tertiary alicyclic amines) is 1. The van der Waals surface area contributed by atoms with Crippen LogP contribution in [0.2, 0.25) is 0 Å². The van der Waals surface area contributed by atoms with E-state index in [0.29, 0.717) is 25.4 Å². The van der Waals surface area contributed by atoms with Crippen LogP contribution in [0.15, 0.2) is 24.3 Å². The Hall–Kier alpha value is -2.31. The minimum absolute atomic E-state index is 0.0188. The molecule has 3 rings (SSSR count). The van der Waals surface area contributed by atoms with Crippen molar-refractivity contribution in [3.8, 4) is 5.75 Å². The minimum atomic E-state index is -0.456. The second-order valence-electron chi connectivity index (χ2n) is 5.98. The number of halogens is 1. The zero-order valence-electron chi connectivity index (χ0n) is 13.0. The van der Waals surface area contributed by atoms with Gasteiger partial charge in [-0.1, -0.05) is 0 Å². The summed E-state index contributed by atoms with van der Waals surface area (Å²) in [6.45, 7) is 1.60. The number of rotatable bonds is 3. The predicted octanol–water partition coefficient (Wildman–Crippen LogP) is 1.22. The zero-order chi connectivity index (χ0) is 16.4. The average Bonchev–Trinajstić information content (AvgIpc) is 2.89. The quantitative estimate of drug-likeness (QED) is 0.910. The van der Waals surface area contributed by atoms with E-state index in [1.165, 1.54) is 17.0 Å². The van der Waals surface area contributed by atoms with Crippen molar-refractivity contribution >= 4 is 11.9 Å². The van der Waals surface area contributed by atoms with Gasteiger partial charge in [0.1, 0.15) is 23.7 Å². The van der Waals surface area contributed by atoms with Crippen molar-refractivity contribution in [3.05, 3.63) is 30.1 Å². The lowest BCUT2D eigenvalue weighted by molar-refractivity contribution is -0.134. The summed E-state index contributed by atoms with van der Waals surface area (Å²) in [5.41, 5.74) is 0. The van der Waals surface area contributed by atoms with E-state index in [0.717, 1.165) is 12.8 Å². The average molecular weight is 321 g/mol. The molecule has 1 unspecified atom stereocenters. The van der Waals surface area contributed by atoms with E-state index in [2.05, 4.69) is 5.32 Å². The van der Waals surface area contributed by atoms with Gasteiger partial charge in [-0.15, -0.1) is 0 Å². The van der Waals surface area contributed by atoms with Gasteiger partial charge in [0.05, 0.1) is 6.54 Å². The van der Waals surface area contributed by atoms with Gasteiger partial charge in [0, 0.05) is 33.0 Å². The molecule has 2 fully saturated rings. The summed E-state index contributed by atoms with van der Waals surface area (Å²) in [5, 5.41) is 2.69. The second kappa shape index (κ2) is 6.44. The SMILES string of the molecule is CN1CC(C(=O)N2CCC(Oc3ccc(F)cc3)CC2)NC1=O. The van der Waals surface area contributed by atoms with Crippen molar-refractivity contribution in [1.82, 2.24) is 15.1 Å². The number of carbonyl (C=O) groups excluding carboxylic acids is 2. The zero-order valence-corrected chi connectivity index (χ0v) is 13.0. The molecule has 0 spiro atoms. The number of carbonyl (C=O) groups is 2. The molecule has 0 aliphatic carbocycles. The molecule has 3 amide bonds. The van der Waals surface area contributed by atoms with Crippen LogP contribution in [0.3, 0.4) is 0 Å². The normalized spacial score (nSPS) is 22.2. The van der Waals surface area contributed by atoms with Crippen LogP contribution in [0.25, 0.3) is 0 Å². The number of amides is 3. The van der Waals surface area contributed by atoms with E-state index in [1.807, 2.05) is 0 Å². The lowest BCUT2D eigenvalue weighted by atomic mass is 10.1. The largest absolute Gasteiger partial charge is 0.490 e. The fourth-order valence-electron chi connectivity index (χ4n) is 2.92. The molecule has 124 valence electrons. The van der Waals surface area contributed by atoms with E-state index in [1.54, 1.807) is 24.1 Å². The van der Waals surface area contributed by atoms with Crippen molar-refractivity contribution in [2.24, 2.45) is 0 Å². The summed E-state index contributed by atoms with van der Waals surface area (Å²) >= 11 is 0. The molecule has 7 heteroatoms. The van der Waals surface area contributed by atoms with Crippen molar-refractivity contribution < 1.29 is 18.7 Å². The summed E-state index contributed by atoms with van der Waals surface area (Å²) < 4.78 is 18.7. The van der Waals surface area contributed by atoms with Crippen LogP contribution in [-0.4, -0.2) is 60.6 Å². The molecular formula is C16H20FN3O3. The maximum Gasteiger partial charge on any atom is 0.317 e. The highest BCUT2D eigenvalue weighted by molar-refractivity contribution is 5.90. The lowest BCUT2D eigenvalue weighted by Crippen LogP contribution is -2.49. The molecule has 6 nitrogen and oxygen atoms in total. The van der Waals surface area contributed by atoms with Gasteiger partial charge in [-0.3, -0.25) is 4.79 Å². The summed E-state index contributed by atoms with van der Waals surface area (Å²) in [6.07, 6.45) is 1.46. The van der Waals surface area contributed by atoms with Crippen LogP contribution in [0.4, 0.5) is 9.18 Å². The van der Waals surface area contributed by atoms with Crippen LogP contribution in [0.5, 0.6) is 5.75 Å². The van der Waals surface area contributed by atoms with Gasteiger partial charge in [-0.05, 0) is 24.3 Å². The monoisotopic (exact) mass is 321 g/mol. The fourth-order valence-corrected chi connectivity index (χ4v) is 2.92. The molecule has 23 heavy (non-hydrogen) atoms. The Morgan fingerprint density at radius 1 is 1.26 bits per heavy atom. The van der Waals surface area contributed by atoms with Crippen LogP contribution >= 0.6 is 0 Å². The Morgan fingerprint density at radius 2 is 1.91 bits per heavy atom. The van der Waals surface area contributed by atoms with Crippen molar-refractivity contribution in [2.75, 3.05) is 26.7 Å². The highest BCUT2D eigenvalue weighted by atomic mass is 19.1. The maximum absolute atomic E-state index is 12.9. The number of urea groups is 1. The first-order valence-corrected chi connectivity index (χ1v) is 7.75. The van der Waals surface area contributed by atoms with Gasteiger partial charge >= 0.3 is 6.03 Å². The number of nitrogens with one attached hydrogen (secondary N) is 1. The molecule has 0 bridgehead atoms. The summed E-state index contributed by atoms with van der Waals surface area (Å²) in [6, 6.07) is 5.29.